The van der Waals surface area contributed by atoms with E-state index in [0.717, 1.165) is 29.2 Å². The zero-order valence-corrected chi connectivity index (χ0v) is 10.6. The lowest BCUT2D eigenvalue weighted by Crippen LogP contribution is -2.09. The van der Waals surface area contributed by atoms with E-state index in [-0.39, 0.29) is 0 Å². The van der Waals surface area contributed by atoms with Crippen molar-refractivity contribution >= 4 is 11.6 Å². The van der Waals surface area contributed by atoms with Gasteiger partial charge in [0.25, 0.3) is 0 Å². The van der Waals surface area contributed by atoms with Crippen LogP contribution in [0.2, 0.25) is 0 Å². The van der Waals surface area contributed by atoms with Crippen molar-refractivity contribution in [2.24, 2.45) is 0 Å². The Morgan fingerprint density at radius 2 is 2.17 bits per heavy atom. The van der Waals surface area contributed by atoms with Gasteiger partial charge in [0, 0.05) is 30.9 Å². The van der Waals surface area contributed by atoms with Crippen LogP contribution in [0.25, 0.3) is 0 Å². The number of nitrogens with one attached hydrogen (secondary N) is 1. The zero-order valence-electron chi connectivity index (χ0n) is 10.6. The van der Waals surface area contributed by atoms with Crippen molar-refractivity contribution in [2.45, 2.75) is 26.8 Å². The van der Waals surface area contributed by atoms with E-state index in [4.69, 9.17) is 5.73 Å². The summed E-state index contributed by atoms with van der Waals surface area (Å²) in [6.07, 6.45) is 4.35. The van der Waals surface area contributed by atoms with Gasteiger partial charge in [-0.1, -0.05) is 13.0 Å². The SMILES string of the molecule is CCc1nc(N)c(C)c(NCc2cccnc2)n1. The Balaban J connectivity index is 2.16. The molecule has 0 aliphatic heterocycles. The summed E-state index contributed by atoms with van der Waals surface area (Å²) in [7, 11) is 0. The first kappa shape index (κ1) is 12.3. The fourth-order valence-corrected chi connectivity index (χ4v) is 1.60. The van der Waals surface area contributed by atoms with Gasteiger partial charge in [0.15, 0.2) is 0 Å². The molecule has 0 aliphatic rings. The predicted octanol–water partition coefficient (Wildman–Crippen LogP) is 1.94. The van der Waals surface area contributed by atoms with Gasteiger partial charge in [-0.2, -0.15) is 0 Å². The fourth-order valence-electron chi connectivity index (χ4n) is 1.60. The summed E-state index contributed by atoms with van der Waals surface area (Å²) in [6.45, 7) is 4.60. The molecule has 3 N–H and O–H groups in total. The standard InChI is InChI=1S/C13H17N5/c1-3-11-17-12(14)9(2)13(18-11)16-8-10-5-4-6-15-7-10/h4-7H,3,8H2,1-2H3,(H3,14,16,17,18). The molecule has 0 saturated carbocycles. The van der Waals surface area contributed by atoms with Crippen molar-refractivity contribution in [3.05, 3.63) is 41.5 Å². The molecule has 0 fully saturated rings. The molecule has 2 heterocycles. The number of nitrogen functional groups attached to an aromatic ring is 1. The summed E-state index contributed by atoms with van der Waals surface area (Å²) in [4.78, 5) is 12.7. The summed E-state index contributed by atoms with van der Waals surface area (Å²) in [5.74, 6) is 2.09. The largest absolute Gasteiger partial charge is 0.383 e. The lowest BCUT2D eigenvalue weighted by molar-refractivity contribution is 0.927. The molecule has 94 valence electrons. The van der Waals surface area contributed by atoms with Crippen LogP contribution in [0, 0.1) is 6.92 Å². The van der Waals surface area contributed by atoms with Crippen LogP contribution in [0.3, 0.4) is 0 Å². The van der Waals surface area contributed by atoms with Crippen molar-refractivity contribution < 1.29 is 0 Å². The topological polar surface area (TPSA) is 76.7 Å². The highest BCUT2D eigenvalue weighted by atomic mass is 15.1. The normalized spacial score (nSPS) is 10.3. The summed E-state index contributed by atoms with van der Waals surface area (Å²) in [5, 5.41) is 3.27. The fraction of sp³-hybridized carbons (Fsp3) is 0.308. The molecule has 2 aromatic rings. The van der Waals surface area contributed by atoms with E-state index in [1.807, 2.05) is 32.2 Å². The summed E-state index contributed by atoms with van der Waals surface area (Å²) in [5.41, 5.74) is 7.85. The van der Waals surface area contributed by atoms with Crippen molar-refractivity contribution in [3.63, 3.8) is 0 Å². The highest BCUT2D eigenvalue weighted by molar-refractivity contribution is 5.54. The third-order valence-corrected chi connectivity index (χ3v) is 2.73. The van der Waals surface area contributed by atoms with Gasteiger partial charge in [0.1, 0.15) is 17.5 Å². The molecule has 2 rings (SSSR count). The van der Waals surface area contributed by atoms with Crippen molar-refractivity contribution in [1.82, 2.24) is 15.0 Å². The van der Waals surface area contributed by atoms with Crippen LogP contribution in [-0.4, -0.2) is 15.0 Å². The first-order valence-corrected chi connectivity index (χ1v) is 5.96. The second-order valence-corrected chi connectivity index (χ2v) is 4.07. The quantitative estimate of drug-likeness (QED) is 0.858. The minimum absolute atomic E-state index is 0.538. The molecule has 5 heteroatoms. The van der Waals surface area contributed by atoms with Crippen LogP contribution in [0.15, 0.2) is 24.5 Å². The predicted molar refractivity (Wildman–Crippen MR) is 72.1 cm³/mol. The van der Waals surface area contributed by atoms with E-state index in [0.29, 0.717) is 12.4 Å². The molecule has 0 aliphatic carbocycles. The Bertz CT molecular complexity index is 524. The molecule has 5 nitrogen and oxygen atoms in total. The minimum atomic E-state index is 0.538. The first-order valence-electron chi connectivity index (χ1n) is 5.96. The molecule has 0 bridgehead atoms. The third kappa shape index (κ3) is 2.74. The average Bonchev–Trinajstić information content (AvgIpc) is 2.41. The Labute approximate surface area is 106 Å². The number of anilines is 2. The highest BCUT2D eigenvalue weighted by Crippen LogP contribution is 2.18. The minimum Gasteiger partial charge on any atom is -0.383 e. The number of hydrogen-bond donors (Lipinski definition) is 2. The van der Waals surface area contributed by atoms with E-state index in [9.17, 15) is 0 Å². The molecule has 0 spiro atoms. The molecular formula is C13H17N5. The molecule has 0 atom stereocenters. The molecule has 0 unspecified atom stereocenters. The number of hydrogen-bond acceptors (Lipinski definition) is 5. The van der Waals surface area contributed by atoms with Crippen molar-refractivity contribution in [2.75, 3.05) is 11.1 Å². The Morgan fingerprint density at radius 3 is 2.83 bits per heavy atom. The summed E-state index contributed by atoms with van der Waals surface area (Å²) in [6, 6.07) is 3.93. The number of nitrogens with zero attached hydrogens (tertiary/aromatic N) is 3. The van der Waals surface area contributed by atoms with Gasteiger partial charge in [-0.25, -0.2) is 9.97 Å². The highest BCUT2D eigenvalue weighted by Gasteiger charge is 2.07. The molecular weight excluding hydrogens is 226 g/mol. The lowest BCUT2D eigenvalue weighted by Gasteiger charge is -2.11. The van der Waals surface area contributed by atoms with Crippen LogP contribution < -0.4 is 11.1 Å². The van der Waals surface area contributed by atoms with Gasteiger partial charge in [-0.3, -0.25) is 4.98 Å². The number of nitrogens with two attached hydrogens (primary N) is 1. The summed E-state index contributed by atoms with van der Waals surface area (Å²) < 4.78 is 0. The van der Waals surface area contributed by atoms with Gasteiger partial charge in [-0.15, -0.1) is 0 Å². The number of pyridine rings is 1. The van der Waals surface area contributed by atoms with Crippen molar-refractivity contribution in [1.29, 1.82) is 0 Å². The average molecular weight is 243 g/mol. The second kappa shape index (κ2) is 5.44. The van der Waals surface area contributed by atoms with E-state index in [1.165, 1.54) is 0 Å². The Kier molecular flexibility index (Phi) is 3.72. The molecule has 18 heavy (non-hydrogen) atoms. The molecule has 2 aromatic heterocycles. The smallest absolute Gasteiger partial charge is 0.135 e. The maximum Gasteiger partial charge on any atom is 0.135 e. The molecule has 0 amide bonds. The maximum absolute atomic E-state index is 5.86. The summed E-state index contributed by atoms with van der Waals surface area (Å²) >= 11 is 0. The second-order valence-electron chi connectivity index (χ2n) is 4.07. The number of aromatic nitrogens is 3. The van der Waals surface area contributed by atoms with Crippen LogP contribution in [0.5, 0.6) is 0 Å². The van der Waals surface area contributed by atoms with E-state index >= 15 is 0 Å². The van der Waals surface area contributed by atoms with Crippen molar-refractivity contribution in [3.8, 4) is 0 Å². The number of aryl methyl sites for hydroxylation is 1. The van der Waals surface area contributed by atoms with Crippen LogP contribution in [0.1, 0.15) is 23.9 Å². The maximum atomic E-state index is 5.86. The molecule has 0 aromatic carbocycles. The monoisotopic (exact) mass is 243 g/mol. The van der Waals surface area contributed by atoms with Crippen LogP contribution in [-0.2, 0) is 13.0 Å². The molecule has 0 radical (unpaired) electrons. The molecule has 0 saturated heterocycles. The zero-order chi connectivity index (χ0) is 13.0. The van der Waals surface area contributed by atoms with E-state index < -0.39 is 0 Å². The third-order valence-electron chi connectivity index (χ3n) is 2.73. The van der Waals surface area contributed by atoms with Crippen LogP contribution >= 0.6 is 0 Å². The Morgan fingerprint density at radius 1 is 1.33 bits per heavy atom. The van der Waals surface area contributed by atoms with E-state index in [2.05, 4.69) is 20.3 Å². The van der Waals surface area contributed by atoms with Gasteiger partial charge >= 0.3 is 0 Å². The van der Waals surface area contributed by atoms with Gasteiger partial charge in [0.2, 0.25) is 0 Å². The van der Waals surface area contributed by atoms with Gasteiger partial charge in [0.05, 0.1) is 0 Å². The number of rotatable bonds is 4. The lowest BCUT2D eigenvalue weighted by atomic mass is 10.2. The van der Waals surface area contributed by atoms with Gasteiger partial charge in [-0.05, 0) is 18.6 Å². The van der Waals surface area contributed by atoms with E-state index in [1.54, 1.807) is 6.20 Å². The van der Waals surface area contributed by atoms with Crippen LogP contribution in [0.4, 0.5) is 11.6 Å². The Hall–Kier alpha value is -2.17. The van der Waals surface area contributed by atoms with Gasteiger partial charge < -0.3 is 11.1 Å². The first-order chi connectivity index (χ1) is 8.70.